The predicted octanol–water partition coefficient (Wildman–Crippen LogP) is 4.82. The van der Waals surface area contributed by atoms with Gasteiger partial charge >= 0.3 is 6.03 Å². The summed E-state index contributed by atoms with van der Waals surface area (Å²) in [7, 11) is 3.58. The Hall–Kier alpha value is -2.34. The number of rotatable bonds is 6. The number of nitrogens with one attached hydrogen (secondary N) is 1. The standard InChI is InChI=1S/C18H31N5O2.C7H14.C2H4O2.C2H6/c1-5-16(9-19)23(6-2)17(24)10-20-15-7-13-11-22(12-14(13)8-15)18(25)21(3)4;1-7-5-3-2-4-6-7;1-2(3)4;1-2/h13-16,20H,5-8,10-12H2,1-4H3;7H,2-6H2,1H3;1H3,(H,3,4);1-2H3/t13-,14+,15?,16?;;;. The topological polar surface area (TPSA) is 117 Å². The van der Waals surface area contributed by atoms with Crippen molar-refractivity contribution in [2.45, 2.75) is 105 Å². The van der Waals surface area contributed by atoms with Crippen LogP contribution >= 0.6 is 0 Å². The lowest BCUT2D eigenvalue weighted by Crippen LogP contribution is -2.45. The number of hydrogen-bond donors (Lipinski definition) is 2. The summed E-state index contributed by atoms with van der Waals surface area (Å²) in [5.41, 5.74) is 0. The number of carboxylic acids is 1. The quantitative estimate of drug-likeness (QED) is 0.502. The van der Waals surface area contributed by atoms with Gasteiger partial charge in [-0.3, -0.25) is 9.59 Å². The number of likely N-dealkylation sites (N-methyl/N-ethyl adjacent to an activating group) is 1. The van der Waals surface area contributed by atoms with Crippen LogP contribution in [-0.4, -0.2) is 90.1 Å². The van der Waals surface area contributed by atoms with Crippen LogP contribution in [0.25, 0.3) is 0 Å². The molecule has 2 aliphatic carbocycles. The Morgan fingerprint density at radius 2 is 1.55 bits per heavy atom. The zero-order valence-electron chi connectivity index (χ0n) is 25.3. The summed E-state index contributed by atoms with van der Waals surface area (Å²) in [5.74, 6) is 1.26. The molecule has 3 aliphatic rings. The second-order valence-electron chi connectivity index (χ2n) is 10.6. The minimum atomic E-state index is -0.833. The SMILES string of the molecule is CC.CC(=O)O.CC1CCCCC1.CCC(C#N)N(CC)C(=O)CNC1C[C@@H]2CN(C(=O)N(C)C)C[C@@H]2C1. The summed E-state index contributed by atoms with van der Waals surface area (Å²) in [6.45, 7) is 13.8. The van der Waals surface area contributed by atoms with Crippen LogP contribution in [0.4, 0.5) is 4.79 Å². The molecule has 1 saturated heterocycles. The lowest BCUT2D eigenvalue weighted by atomic mass is 9.91. The molecule has 2 N–H and O–H groups in total. The molecule has 2 unspecified atom stereocenters. The molecule has 0 spiro atoms. The second-order valence-corrected chi connectivity index (χ2v) is 10.6. The first-order valence-corrected chi connectivity index (χ1v) is 14.6. The molecule has 9 heteroatoms. The van der Waals surface area contributed by atoms with Gasteiger partial charge < -0.3 is 25.1 Å². The molecule has 0 aromatic heterocycles. The Kier molecular flexibility index (Phi) is 18.5. The maximum absolute atomic E-state index is 12.4. The lowest BCUT2D eigenvalue weighted by molar-refractivity contribution is -0.134. The zero-order valence-corrected chi connectivity index (χ0v) is 25.3. The van der Waals surface area contributed by atoms with E-state index in [0.29, 0.717) is 30.8 Å². The lowest BCUT2D eigenvalue weighted by Gasteiger charge is -2.26. The third-order valence-electron chi connectivity index (χ3n) is 7.41. The Balaban J connectivity index is 0.000000866. The Morgan fingerprint density at radius 1 is 1.05 bits per heavy atom. The van der Waals surface area contributed by atoms with Crippen LogP contribution in [0.1, 0.15) is 92.9 Å². The van der Waals surface area contributed by atoms with Gasteiger partial charge in [0.15, 0.2) is 0 Å². The van der Waals surface area contributed by atoms with Gasteiger partial charge in [-0.05, 0) is 43.9 Å². The first-order valence-electron chi connectivity index (χ1n) is 14.6. The molecular weight excluding hydrogens is 482 g/mol. The van der Waals surface area contributed by atoms with E-state index < -0.39 is 5.97 Å². The summed E-state index contributed by atoms with van der Waals surface area (Å²) in [6.07, 6.45) is 10.1. The van der Waals surface area contributed by atoms with Crippen LogP contribution in [-0.2, 0) is 9.59 Å². The largest absolute Gasteiger partial charge is 0.481 e. The van der Waals surface area contributed by atoms with Gasteiger partial charge in [-0.15, -0.1) is 0 Å². The van der Waals surface area contributed by atoms with E-state index >= 15 is 0 Å². The molecule has 0 aromatic carbocycles. The van der Waals surface area contributed by atoms with Crippen molar-refractivity contribution in [3.05, 3.63) is 0 Å². The third kappa shape index (κ3) is 12.9. The molecule has 0 aromatic rings. The number of carbonyl (C=O) groups excluding carboxylic acids is 2. The van der Waals surface area contributed by atoms with Gasteiger partial charge in [0.25, 0.3) is 5.97 Å². The average Bonchev–Trinajstić information content (AvgIpc) is 3.46. The Bertz CT molecular complexity index is 715. The first-order chi connectivity index (χ1) is 18.0. The van der Waals surface area contributed by atoms with E-state index in [1.54, 1.807) is 23.9 Å². The normalized spacial score (nSPS) is 22.6. The highest BCUT2D eigenvalue weighted by Gasteiger charge is 2.42. The number of likely N-dealkylation sites (tertiary alicyclic amines) is 1. The monoisotopic (exact) mass is 537 g/mol. The van der Waals surface area contributed by atoms with E-state index in [-0.39, 0.29) is 24.5 Å². The fourth-order valence-electron chi connectivity index (χ4n) is 5.50. The van der Waals surface area contributed by atoms with Gasteiger partial charge in [-0.25, -0.2) is 4.79 Å². The fraction of sp³-hybridized carbons (Fsp3) is 0.862. The van der Waals surface area contributed by atoms with Gasteiger partial charge in [-0.2, -0.15) is 5.26 Å². The van der Waals surface area contributed by atoms with E-state index in [2.05, 4.69) is 18.3 Å². The summed E-state index contributed by atoms with van der Waals surface area (Å²) in [5, 5.41) is 20.0. The number of urea groups is 1. The first kappa shape index (κ1) is 35.7. The van der Waals surface area contributed by atoms with Crippen LogP contribution in [0.15, 0.2) is 0 Å². The highest BCUT2D eigenvalue weighted by atomic mass is 16.4. The Labute approximate surface area is 231 Å². The van der Waals surface area contributed by atoms with Crippen molar-refractivity contribution in [2.24, 2.45) is 17.8 Å². The summed E-state index contributed by atoms with van der Waals surface area (Å²) < 4.78 is 0. The number of fused-ring (bicyclic) bond motifs is 1. The molecule has 1 heterocycles. The molecule has 0 bridgehead atoms. The van der Waals surface area contributed by atoms with Crippen molar-refractivity contribution in [3.8, 4) is 6.07 Å². The molecule has 3 fully saturated rings. The van der Waals surface area contributed by atoms with Crippen molar-refractivity contribution in [1.29, 1.82) is 5.26 Å². The number of carbonyl (C=O) groups is 3. The molecule has 1 aliphatic heterocycles. The fourth-order valence-corrected chi connectivity index (χ4v) is 5.50. The number of hydrogen-bond acceptors (Lipinski definition) is 5. The smallest absolute Gasteiger partial charge is 0.319 e. The molecule has 3 rings (SSSR count). The van der Waals surface area contributed by atoms with E-state index in [1.165, 1.54) is 32.1 Å². The highest BCUT2D eigenvalue weighted by Crippen LogP contribution is 2.38. The van der Waals surface area contributed by atoms with Crippen LogP contribution in [0, 0.1) is 29.1 Å². The Morgan fingerprint density at radius 3 is 1.89 bits per heavy atom. The van der Waals surface area contributed by atoms with Gasteiger partial charge in [0.1, 0.15) is 6.04 Å². The van der Waals surface area contributed by atoms with Crippen molar-refractivity contribution < 1.29 is 19.5 Å². The van der Waals surface area contributed by atoms with Crippen LogP contribution in [0.2, 0.25) is 0 Å². The summed E-state index contributed by atoms with van der Waals surface area (Å²) in [4.78, 5) is 38.7. The van der Waals surface area contributed by atoms with Crippen LogP contribution in [0.3, 0.4) is 0 Å². The third-order valence-corrected chi connectivity index (χ3v) is 7.41. The van der Waals surface area contributed by atoms with Crippen molar-refractivity contribution in [1.82, 2.24) is 20.0 Å². The molecule has 38 heavy (non-hydrogen) atoms. The molecule has 220 valence electrons. The minimum Gasteiger partial charge on any atom is -0.481 e. The van der Waals surface area contributed by atoms with Gasteiger partial charge in [0.05, 0.1) is 12.6 Å². The van der Waals surface area contributed by atoms with Crippen molar-refractivity contribution in [2.75, 3.05) is 40.3 Å². The second kappa shape index (κ2) is 19.7. The number of amides is 3. The molecule has 0 radical (unpaired) electrons. The summed E-state index contributed by atoms with van der Waals surface area (Å²) >= 11 is 0. The van der Waals surface area contributed by atoms with Crippen LogP contribution in [0.5, 0.6) is 0 Å². The number of aliphatic carboxylic acids is 1. The average molecular weight is 538 g/mol. The predicted molar refractivity (Wildman–Crippen MR) is 153 cm³/mol. The van der Waals surface area contributed by atoms with Crippen molar-refractivity contribution >= 4 is 17.9 Å². The zero-order chi connectivity index (χ0) is 29.3. The molecular formula is C29H55N5O4. The number of nitrogens with zero attached hydrogens (tertiary/aromatic N) is 4. The maximum atomic E-state index is 12.4. The minimum absolute atomic E-state index is 0.00243. The van der Waals surface area contributed by atoms with Crippen molar-refractivity contribution in [3.63, 3.8) is 0 Å². The molecule has 4 atom stereocenters. The van der Waals surface area contributed by atoms with E-state index in [4.69, 9.17) is 9.90 Å². The van der Waals surface area contributed by atoms with Gasteiger partial charge in [0, 0.05) is 46.7 Å². The van der Waals surface area contributed by atoms with Gasteiger partial charge in [-0.1, -0.05) is 59.8 Å². The molecule has 2 saturated carbocycles. The van der Waals surface area contributed by atoms with E-state index in [9.17, 15) is 14.9 Å². The maximum Gasteiger partial charge on any atom is 0.319 e. The van der Waals surface area contributed by atoms with E-state index in [1.807, 2.05) is 32.6 Å². The highest BCUT2D eigenvalue weighted by molar-refractivity contribution is 5.79. The molecule has 9 nitrogen and oxygen atoms in total. The number of carboxylic acid groups (broad SMARTS) is 1. The summed E-state index contributed by atoms with van der Waals surface area (Å²) in [6, 6.07) is 2.29. The molecule has 3 amide bonds. The van der Waals surface area contributed by atoms with Crippen LogP contribution < -0.4 is 5.32 Å². The number of nitriles is 1. The van der Waals surface area contributed by atoms with E-state index in [0.717, 1.165) is 38.8 Å². The van der Waals surface area contributed by atoms with Gasteiger partial charge in [0.2, 0.25) is 5.91 Å².